The Bertz CT molecular complexity index is 311. The molecule has 3 N–H and O–H groups in total. The van der Waals surface area contributed by atoms with Crippen LogP contribution in [0.25, 0.3) is 0 Å². The molecule has 0 radical (unpaired) electrons. The number of hydrogen-bond donors (Lipinski definition) is 3. The Morgan fingerprint density at radius 2 is 2.00 bits per heavy atom. The third-order valence-corrected chi connectivity index (χ3v) is 3.50. The van der Waals surface area contributed by atoms with E-state index in [-0.39, 0.29) is 36.8 Å². The molecular weight excluding hydrogens is 278 g/mol. The molecule has 118 valence electrons. The lowest BCUT2D eigenvalue weighted by Gasteiger charge is -2.30. The van der Waals surface area contributed by atoms with E-state index in [0.29, 0.717) is 18.4 Å². The van der Waals surface area contributed by atoms with Gasteiger partial charge in [-0.1, -0.05) is 13.8 Å². The number of piperidine rings is 1. The highest BCUT2D eigenvalue weighted by Crippen LogP contribution is 2.07. The van der Waals surface area contributed by atoms with Gasteiger partial charge in [-0.25, -0.2) is 0 Å². The Morgan fingerprint density at radius 1 is 1.30 bits per heavy atom. The molecule has 20 heavy (non-hydrogen) atoms. The zero-order valence-corrected chi connectivity index (χ0v) is 13.5. The van der Waals surface area contributed by atoms with Crippen molar-refractivity contribution in [2.75, 3.05) is 13.1 Å². The second-order valence-corrected chi connectivity index (χ2v) is 5.77. The SMILES string of the molecule is CC(C)CCC(=O)NCC(=O)NC1CCCNC1C.Cl. The van der Waals surface area contributed by atoms with Gasteiger partial charge in [-0.2, -0.15) is 0 Å². The highest BCUT2D eigenvalue weighted by molar-refractivity contribution is 5.85. The fraction of sp³-hybridized carbons (Fsp3) is 0.857. The minimum atomic E-state index is -0.0987. The van der Waals surface area contributed by atoms with Crippen LogP contribution in [0.15, 0.2) is 0 Å². The maximum Gasteiger partial charge on any atom is 0.239 e. The van der Waals surface area contributed by atoms with Crippen LogP contribution in [0.4, 0.5) is 0 Å². The van der Waals surface area contributed by atoms with E-state index in [0.717, 1.165) is 25.8 Å². The van der Waals surface area contributed by atoms with Gasteiger partial charge in [0.2, 0.25) is 11.8 Å². The molecule has 1 heterocycles. The van der Waals surface area contributed by atoms with Gasteiger partial charge in [0.1, 0.15) is 0 Å². The number of rotatable bonds is 6. The molecule has 0 spiro atoms. The highest BCUT2D eigenvalue weighted by atomic mass is 35.5. The zero-order chi connectivity index (χ0) is 14.3. The van der Waals surface area contributed by atoms with Crippen molar-refractivity contribution >= 4 is 24.2 Å². The van der Waals surface area contributed by atoms with Crippen molar-refractivity contribution in [1.82, 2.24) is 16.0 Å². The van der Waals surface area contributed by atoms with Crippen LogP contribution in [-0.4, -0.2) is 37.0 Å². The first-order valence-electron chi connectivity index (χ1n) is 7.28. The van der Waals surface area contributed by atoms with Crippen molar-refractivity contribution in [2.45, 2.75) is 58.5 Å². The van der Waals surface area contributed by atoms with E-state index >= 15 is 0 Å². The summed E-state index contributed by atoms with van der Waals surface area (Å²) in [6.45, 7) is 7.33. The van der Waals surface area contributed by atoms with Gasteiger partial charge in [-0.15, -0.1) is 12.4 Å². The summed E-state index contributed by atoms with van der Waals surface area (Å²) in [6, 6.07) is 0.475. The molecule has 2 amide bonds. The van der Waals surface area contributed by atoms with E-state index in [1.807, 2.05) is 0 Å². The van der Waals surface area contributed by atoms with Gasteiger partial charge in [0.15, 0.2) is 0 Å². The first-order valence-corrected chi connectivity index (χ1v) is 7.28. The molecule has 0 aliphatic carbocycles. The first-order chi connectivity index (χ1) is 8.99. The Morgan fingerprint density at radius 3 is 2.60 bits per heavy atom. The summed E-state index contributed by atoms with van der Waals surface area (Å²) in [6.07, 6.45) is 3.43. The zero-order valence-electron chi connectivity index (χ0n) is 12.7. The van der Waals surface area contributed by atoms with Gasteiger partial charge < -0.3 is 16.0 Å². The average molecular weight is 306 g/mol. The van der Waals surface area contributed by atoms with Crippen LogP contribution in [-0.2, 0) is 9.59 Å². The minimum absolute atomic E-state index is 0. The Labute approximate surface area is 128 Å². The molecule has 2 unspecified atom stereocenters. The second kappa shape index (κ2) is 10.00. The van der Waals surface area contributed by atoms with Crippen molar-refractivity contribution in [3.05, 3.63) is 0 Å². The number of carbonyl (C=O) groups is 2. The van der Waals surface area contributed by atoms with Crippen LogP contribution in [0.2, 0.25) is 0 Å². The molecule has 6 heteroatoms. The van der Waals surface area contributed by atoms with Gasteiger partial charge in [0, 0.05) is 18.5 Å². The van der Waals surface area contributed by atoms with Gasteiger partial charge in [-0.05, 0) is 38.6 Å². The first kappa shape index (κ1) is 19.2. The maximum absolute atomic E-state index is 11.7. The van der Waals surface area contributed by atoms with E-state index in [1.165, 1.54) is 0 Å². The molecule has 1 saturated heterocycles. The molecule has 0 saturated carbocycles. The molecule has 0 aromatic carbocycles. The van der Waals surface area contributed by atoms with Crippen LogP contribution in [0.1, 0.15) is 46.5 Å². The Hall–Kier alpha value is -0.810. The second-order valence-electron chi connectivity index (χ2n) is 5.77. The Kier molecular flexibility index (Phi) is 9.59. The topological polar surface area (TPSA) is 70.2 Å². The van der Waals surface area contributed by atoms with E-state index in [9.17, 15) is 9.59 Å². The molecule has 5 nitrogen and oxygen atoms in total. The third kappa shape index (κ3) is 7.70. The summed E-state index contributed by atoms with van der Waals surface area (Å²) in [5.74, 6) is 0.367. The molecule has 0 aromatic heterocycles. The van der Waals surface area contributed by atoms with Gasteiger partial charge in [-0.3, -0.25) is 9.59 Å². The Balaban J connectivity index is 0.00000361. The van der Waals surface area contributed by atoms with Crippen LogP contribution in [0.3, 0.4) is 0 Å². The number of carbonyl (C=O) groups excluding carboxylic acids is 2. The highest BCUT2D eigenvalue weighted by Gasteiger charge is 2.22. The van der Waals surface area contributed by atoms with Crippen molar-refractivity contribution in [2.24, 2.45) is 5.92 Å². The largest absolute Gasteiger partial charge is 0.350 e. The minimum Gasteiger partial charge on any atom is -0.350 e. The van der Waals surface area contributed by atoms with Gasteiger partial charge >= 0.3 is 0 Å². The fourth-order valence-electron chi connectivity index (χ4n) is 2.19. The molecule has 0 aromatic rings. The predicted octanol–water partition coefficient (Wildman–Crippen LogP) is 1.22. The summed E-state index contributed by atoms with van der Waals surface area (Å²) in [7, 11) is 0. The standard InChI is InChI=1S/C14H27N3O2.ClH/c1-10(2)6-7-13(18)16-9-14(19)17-12-5-4-8-15-11(12)3;/h10-12,15H,4-9H2,1-3H3,(H,16,18)(H,17,19);1H. The average Bonchev–Trinajstić information content (AvgIpc) is 2.36. The lowest BCUT2D eigenvalue weighted by atomic mass is 10.00. The predicted molar refractivity (Wildman–Crippen MR) is 83.0 cm³/mol. The van der Waals surface area contributed by atoms with Crippen molar-refractivity contribution in [3.63, 3.8) is 0 Å². The summed E-state index contributed by atoms with van der Waals surface area (Å²) >= 11 is 0. The molecule has 1 aliphatic heterocycles. The van der Waals surface area contributed by atoms with Crippen molar-refractivity contribution in [3.8, 4) is 0 Å². The summed E-state index contributed by atoms with van der Waals surface area (Å²) in [4.78, 5) is 23.3. The maximum atomic E-state index is 11.7. The van der Waals surface area contributed by atoms with Gasteiger partial charge in [0.05, 0.1) is 6.54 Å². The molecule has 1 aliphatic rings. The molecule has 0 bridgehead atoms. The van der Waals surface area contributed by atoms with E-state index in [2.05, 4.69) is 36.7 Å². The molecule has 1 rings (SSSR count). The summed E-state index contributed by atoms with van der Waals surface area (Å²) in [5.41, 5.74) is 0. The number of halogens is 1. The molecule has 2 atom stereocenters. The van der Waals surface area contributed by atoms with Crippen LogP contribution >= 0.6 is 12.4 Å². The fourth-order valence-corrected chi connectivity index (χ4v) is 2.19. The third-order valence-electron chi connectivity index (χ3n) is 3.50. The lowest BCUT2D eigenvalue weighted by molar-refractivity contribution is -0.126. The van der Waals surface area contributed by atoms with E-state index in [4.69, 9.17) is 0 Å². The van der Waals surface area contributed by atoms with Crippen molar-refractivity contribution in [1.29, 1.82) is 0 Å². The van der Waals surface area contributed by atoms with Gasteiger partial charge in [0.25, 0.3) is 0 Å². The summed E-state index contributed by atoms with van der Waals surface area (Å²) in [5, 5.41) is 8.98. The smallest absolute Gasteiger partial charge is 0.239 e. The molecular formula is C14H28ClN3O2. The number of nitrogens with one attached hydrogen (secondary N) is 3. The van der Waals surface area contributed by atoms with Crippen LogP contribution < -0.4 is 16.0 Å². The number of amides is 2. The van der Waals surface area contributed by atoms with E-state index < -0.39 is 0 Å². The van der Waals surface area contributed by atoms with Crippen LogP contribution in [0.5, 0.6) is 0 Å². The lowest BCUT2D eigenvalue weighted by Crippen LogP contribution is -2.53. The summed E-state index contributed by atoms with van der Waals surface area (Å²) < 4.78 is 0. The van der Waals surface area contributed by atoms with E-state index in [1.54, 1.807) is 0 Å². The molecule has 1 fully saturated rings. The van der Waals surface area contributed by atoms with Crippen LogP contribution in [0, 0.1) is 5.92 Å². The number of hydrogen-bond acceptors (Lipinski definition) is 3. The quantitative estimate of drug-likeness (QED) is 0.691. The monoisotopic (exact) mass is 305 g/mol. The normalized spacial score (nSPS) is 22.0. The van der Waals surface area contributed by atoms with Crippen molar-refractivity contribution < 1.29 is 9.59 Å².